The van der Waals surface area contributed by atoms with Gasteiger partial charge >= 0.3 is 0 Å². The Kier molecular flexibility index (Phi) is 5.30. The molecule has 0 radical (unpaired) electrons. The molecule has 0 aliphatic rings. The zero-order chi connectivity index (χ0) is 17.6. The number of para-hydroxylation sites is 2. The van der Waals surface area contributed by atoms with E-state index in [0.29, 0.717) is 22.8 Å². The van der Waals surface area contributed by atoms with E-state index in [0.717, 1.165) is 5.56 Å². The predicted octanol–water partition coefficient (Wildman–Crippen LogP) is 3.76. The third kappa shape index (κ3) is 3.97. The lowest BCUT2D eigenvalue weighted by Crippen LogP contribution is -2.12. The zero-order valence-corrected chi connectivity index (χ0v) is 14.5. The Morgan fingerprint density at radius 1 is 1.04 bits per heavy atom. The molecule has 0 aliphatic carbocycles. The second-order valence-corrected chi connectivity index (χ2v) is 5.80. The molecular weight excluding hydrogens is 334 g/mol. The Bertz CT molecular complexity index is 854. The monoisotopic (exact) mass is 351 g/mol. The number of rotatable bonds is 5. The minimum absolute atomic E-state index is 0.206. The van der Waals surface area contributed by atoms with Gasteiger partial charge in [-0.25, -0.2) is 9.97 Å². The number of aromatic nitrogens is 2. The summed E-state index contributed by atoms with van der Waals surface area (Å²) in [4.78, 5) is 20.8. The van der Waals surface area contributed by atoms with Crippen LogP contribution in [-0.4, -0.2) is 23.0 Å². The minimum atomic E-state index is -0.243. The van der Waals surface area contributed by atoms with E-state index in [1.54, 1.807) is 49.8 Å². The molecule has 0 fully saturated rings. The van der Waals surface area contributed by atoms with Crippen molar-refractivity contribution in [3.05, 3.63) is 83.9 Å². The number of methoxy groups -OCH3 is 1. The van der Waals surface area contributed by atoms with Gasteiger partial charge in [-0.2, -0.15) is 12.6 Å². The van der Waals surface area contributed by atoms with Crippen molar-refractivity contribution in [2.45, 2.75) is 5.25 Å². The summed E-state index contributed by atoms with van der Waals surface area (Å²) in [6, 6.07) is 16.3. The summed E-state index contributed by atoms with van der Waals surface area (Å²) in [7, 11) is 1.57. The smallest absolute Gasteiger partial charge is 0.255 e. The maximum atomic E-state index is 12.4. The molecule has 2 aromatic carbocycles. The van der Waals surface area contributed by atoms with Gasteiger partial charge < -0.3 is 10.1 Å². The van der Waals surface area contributed by atoms with E-state index in [2.05, 4.69) is 27.9 Å². The number of benzene rings is 2. The number of anilines is 1. The van der Waals surface area contributed by atoms with Crippen LogP contribution in [-0.2, 0) is 0 Å². The van der Waals surface area contributed by atoms with Crippen LogP contribution in [0.1, 0.15) is 27.0 Å². The maximum absolute atomic E-state index is 12.4. The highest BCUT2D eigenvalue weighted by atomic mass is 32.1. The highest BCUT2D eigenvalue weighted by Gasteiger charge is 2.14. The van der Waals surface area contributed by atoms with E-state index in [1.165, 1.54) is 0 Å². The molecule has 0 saturated carbocycles. The maximum Gasteiger partial charge on any atom is 0.255 e. The first kappa shape index (κ1) is 17.0. The molecule has 25 heavy (non-hydrogen) atoms. The number of ether oxygens (including phenoxy) is 1. The van der Waals surface area contributed by atoms with E-state index in [1.807, 2.05) is 24.3 Å². The van der Waals surface area contributed by atoms with Crippen LogP contribution >= 0.6 is 12.6 Å². The molecule has 1 N–H and O–H groups in total. The highest BCUT2D eigenvalue weighted by Crippen LogP contribution is 2.26. The first-order valence-corrected chi connectivity index (χ1v) is 8.20. The minimum Gasteiger partial charge on any atom is -0.495 e. The number of hydrogen-bond donors (Lipinski definition) is 2. The van der Waals surface area contributed by atoms with Crippen molar-refractivity contribution in [1.82, 2.24) is 9.97 Å². The van der Waals surface area contributed by atoms with Gasteiger partial charge in [0.2, 0.25) is 0 Å². The Balaban J connectivity index is 1.75. The van der Waals surface area contributed by atoms with Crippen LogP contribution in [0.2, 0.25) is 0 Å². The van der Waals surface area contributed by atoms with Crippen molar-refractivity contribution in [3.8, 4) is 5.75 Å². The van der Waals surface area contributed by atoms with E-state index < -0.39 is 0 Å². The fourth-order valence-electron chi connectivity index (χ4n) is 2.36. The summed E-state index contributed by atoms with van der Waals surface area (Å²) >= 11 is 4.56. The molecule has 0 aliphatic heterocycles. The fourth-order valence-corrected chi connectivity index (χ4v) is 2.67. The summed E-state index contributed by atoms with van der Waals surface area (Å²) in [6.07, 6.45) is 3.36. The molecule has 5 nitrogen and oxygen atoms in total. The van der Waals surface area contributed by atoms with Gasteiger partial charge in [0.15, 0.2) is 0 Å². The quantitative estimate of drug-likeness (QED) is 0.687. The van der Waals surface area contributed by atoms with Crippen molar-refractivity contribution < 1.29 is 9.53 Å². The number of nitrogens with zero attached hydrogens (tertiary/aromatic N) is 2. The standard InChI is InChI=1S/C19H17N3O2S/c1-24-16-6-3-2-5-15(16)22-19(23)14-9-7-13(8-10-14)17(25)18-20-11-4-12-21-18/h2-12,17,25H,1H3,(H,22,23). The van der Waals surface area contributed by atoms with Crippen molar-refractivity contribution in [2.24, 2.45) is 0 Å². The molecule has 1 heterocycles. The molecule has 1 aromatic heterocycles. The van der Waals surface area contributed by atoms with Crippen LogP contribution < -0.4 is 10.1 Å². The third-order valence-electron chi connectivity index (χ3n) is 3.67. The van der Waals surface area contributed by atoms with Crippen molar-refractivity contribution in [1.29, 1.82) is 0 Å². The summed E-state index contributed by atoms with van der Waals surface area (Å²) in [5.41, 5.74) is 2.09. The zero-order valence-electron chi connectivity index (χ0n) is 13.6. The van der Waals surface area contributed by atoms with Gasteiger partial charge in [0.05, 0.1) is 18.0 Å². The van der Waals surface area contributed by atoms with Gasteiger partial charge in [-0.3, -0.25) is 4.79 Å². The van der Waals surface area contributed by atoms with Gasteiger partial charge in [-0.05, 0) is 35.9 Å². The van der Waals surface area contributed by atoms with Crippen molar-refractivity contribution >= 4 is 24.2 Å². The van der Waals surface area contributed by atoms with Crippen molar-refractivity contribution in [2.75, 3.05) is 12.4 Å². The molecule has 1 atom stereocenters. The first-order valence-electron chi connectivity index (χ1n) is 7.68. The number of hydrogen-bond acceptors (Lipinski definition) is 5. The second-order valence-electron chi connectivity index (χ2n) is 5.29. The average Bonchev–Trinajstić information content (AvgIpc) is 2.68. The topological polar surface area (TPSA) is 64.1 Å². The summed E-state index contributed by atoms with van der Waals surface area (Å²) in [6.45, 7) is 0. The fraction of sp³-hybridized carbons (Fsp3) is 0.105. The van der Waals surface area contributed by atoms with E-state index in [-0.39, 0.29) is 11.2 Å². The molecule has 126 valence electrons. The molecule has 1 amide bonds. The Morgan fingerprint density at radius 2 is 1.72 bits per heavy atom. The number of carbonyl (C=O) groups excluding carboxylic acids is 1. The Labute approximate surface area is 151 Å². The summed E-state index contributed by atoms with van der Waals surface area (Å²) in [5.74, 6) is 1.03. The molecule has 6 heteroatoms. The van der Waals surface area contributed by atoms with Crippen LogP contribution in [0.15, 0.2) is 67.0 Å². The lowest BCUT2D eigenvalue weighted by atomic mass is 10.1. The molecule has 0 bridgehead atoms. The summed E-state index contributed by atoms with van der Waals surface area (Å²) in [5, 5.41) is 2.61. The Morgan fingerprint density at radius 3 is 2.40 bits per heavy atom. The predicted molar refractivity (Wildman–Crippen MR) is 100 cm³/mol. The number of thiol groups is 1. The van der Waals surface area contributed by atoms with Crippen LogP contribution in [0.3, 0.4) is 0 Å². The SMILES string of the molecule is COc1ccccc1NC(=O)c1ccc(C(S)c2ncccn2)cc1. The van der Waals surface area contributed by atoms with Gasteiger partial charge in [0.25, 0.3) is 5.91 Å². The van der Waals surface area contributed by atoms with E-state index in [4.69, 9.17) is 4.74 Å². The first-order chi connectivity index (χ1) is 12.2. The normalized spacial score (nSPS) is 11.6. The number of carbonyl (C=O) groups is 1. The number of nitrogens with one attached hydrogen (secondary N) is 1. The van der Waals surface area contributed by atoms with Crippen molar-refractivity contribution in [3.63, 3.8) is 0 Å². The van der Waals surface area contributed by atoms with E-state index in [9.17, 15) is 4.79 Å². The van der Waals surface area contributed by atoms with Gasteiger partial charge in [-0.15, -0.1) is 0 Å². The third-order valence-corrected chi connectivity index (χ3v) is 4.20. The molecule has 3 aromatic rings. The number of amides is 1. The molecule has 3 rings (SSSR count). The lowest BCUT2D eigenvalue weighted by Gasteiger charge is -2.12. The van der Waals surface area contributed by atoms with Gasteiger partial charge in [0, 0.05) is 18.0 Å². The highest BCUT2D eigenvalue weighted by molar-refractivity contribution is 7.80. The molecular formula is C19H17N3O2S. The van der Waals surface area contributed by atoms with Crippen LogP contribution in [0, 0.1) is 0 Å². The largest absolute Gasteiger partial charge is 0.495 e. The van der Waals surface area contributed by atoms with Crippen LogP contribution in [0.4, 0.5) is 5.69 Å². The lowest BCUT2D eigenvalue weighted by molar-refractivity contribution is 0.102. The Hall–Kier alpha value is -2.86. The van der Waals surface area contributed by atoms with Crippen LogP contribution in [0.5, 0.6) is 5.75 Å². The van der Waals surface area contributed by atoms with Crippen LogP contribution in [0.25, 0.3) is 0 Å². The second kappa shape index (κ2) is 7.81. The molecule has 0 spiro atoms. The van der Waals surface area contributed by atoms with Gasteiger partial charge in [0.1, 0.15) is 11.6 Å². The van der Waals surface area contributed by atoms with Gasteiger partial charge in [-0.1, -0.05) is 24.3 Å². The molecule has 0 saturated heterocycles. The summed E-state index contributed by atoms with van der Waals surface area (Å²) < 4.78 is 5.24. The molecule has 1 unspecified atom stereocenters. The van der Waals surface area contributed by atoms with E-state index >= 15 is 0 Å². The average molecular weight is 351 g/mol.